The van der Waals surface area contributed by atoms with Crippen LogP contribution in [0.2, 0.25) is 0 Å². The molecule has 1 aromatic carbocycles. The van der Waals surface area contributed by atoms with Gasteiger partial charge in [-0.05, 0) is 36.4 Å². The molecule has 0 saturated heterocycles. The summed E-state index contributed by atoms with van der Waals surface area (Å²) in [6.07, 6.45) is 1.53. The number of rotatable bonds is 7. The van der Waals surface area contributed by atoms with Crippen molar-refractivity contribution >= 4 is 23.5 Å². The number of thioether (sulfide) groups is 1. The fourth-order valence-electron chi connectivity index (χ4n) is 2.23. The highest BCUT2D eigenvalue weighted by Gasteiger charge is 2.29. The van der Waals surface area contributed by atoms with Gasteiger partial charge in [0.1, 0.15) is 5.82 Å². The minimum absolute atomic E-state index is 0.302. The van der Waals surface area contributed by atoms with E-state index in [4.69, 9.17) is 9.47 Å². The van der Waals surface area contributed by atoms with Crippen molar-refractivity contribution in [1.29, 1.82) is 0 Å². The first-order valence-electron chi connectivity index (χ1n) is 7.47. The van der Waals surface area contributed by atoms with Crippen LogP contribution < -0.4 is 14.8 Å². The van der Waals surface area contributed by atoms with Crippen molar-refractivity contribution in [2.24, 2.45) is 0 Å². The monoisotopic (exact) mass is 389 g/mol. The third-order valence-corrected chi connectivity index (χ3v) is 4.16. The largest absolute Gasteiger partial charge is 0.493 e. The second kappa shape index (κ2) is 8.35. The van der Waals surface area contributed by atoms with Gasteiger partial charge in [-0.1, -0.05) is 6.07 Å². The van der Waals surface area contributed by atoms with E-state index >= 15 is 0 Å². The predicted molar refractivity (Wildman–Crippen MR) is 92.8 cm³/mol. The molecule has 142 valence electrons. The Morgan fingerprint density at radius 2 is 1.96 bits per heavy atom. The molecule has 0 bridgehead atoms. The summed E-state index contributed by atoms with van der Waals surface area (Å²) in [6, 6.07) is 5.31. The van der Waals surface area contributed by atoms with E-state index in [0.717, 1.165) is 5.56 Å². The number of alkyl halides is 3. The zero-order valence-electron chi connectivity index (χ0n) is 14.4. The van der Waals surface area contributed by atoms with Crippen molar-refractivity contribution < 1.29 is 27.4 Å². The van der Waals surface area contributed by atoms with Crippen LogP contribution in [-0.2, 0) is 11.3 Å². The Morgan fingerprint density at radius 3 is 2.58 bits per heavy atom. The number of nitrogens with one attached hydrogen (secondary N) is 1. The third kappa shape index (κ3) is 5.32. The highest BCUT2D eigenvalue weighted by atomic mass is 32.2. The number of anilines is 1. The van der Waals surface area contributed by atoms with Gasteiger partial charge in [-0.2, -0.15) is 18.3 Å². The Balaban J connectivity index is 2.13. The fraction of sp³-hybridized carbons (Fsp3) is 0.375. The summed E-state index contributed by atoms with van der Waals surface area (Å²) in [6.45, 7) is 2.01. The molecule has 26 heavy (non-hydrogen) atoms. The van der Waals surface area contributed by atoms with Crippen molar-refractivity contribution in [3.05, 3.63) is 35.5 Å². The molecule has 1 heterocycles. The predicted octanol–water partition coefficient (Wildman–Crippen LogP) is 3.45. The smallest absolute Gasteiger partial charge is 0.442 e. The highest BCUT2D eigenvalue weighted by molar-refractivity contribution is 8.00. The number of nitrogens with zero attached hydrogens (tertiary/aromatic N) is 2. The van der Waals surface area contributed by atoms with Gasteiger partial charge in [-0.3, -0.25) is 4.79 Å². The Kier molecular flexibility index (Phi) is 6.41. The van der Waals surface area contributed by atoms with Crippen molar-refractivity contribution in [3.63, 3.8) is 0 Å². The highest BCUT2D eigenvalue weighted by Crippen LogP contribution is 2.30. The standard InChI is InChI=1S/C16H18F3N3O3S/c1-10-7-20-22(15(10)21-14(23)9-26-16(17,18)19)8-11-4-5-12(24-2)13(6-11)25-3/h4-7H,8-9H2,1-3H3,(H,21,23). The SMILES string of the molecule is COc1ccc(Cn2ncc(C)c2NC(=O)CSC(F)(F)F)cc1OC. The van der Waals surface area contributed by atoms with Crippen molar-refractivity contribution in [2.75, 3.05) is 25.3 Å². The van der Waals surface area contributed by atoms with Gasteiger partial charge < -0.3 is 14.8 Å². The lowest BCUT2D eigenvalue weighted by Crippen LogP contribution is -2.20. The van der Waals surface area contributed by atoms with Crippen molar-refractivity contribution in [2.45, 2.75) is 19.0 Å². The van der Waals surface area contributed by atoms with E-state index in [1.165, 1.54) is 25.1 Å². The topological polar surface area (TPSA) is 65.4 Å². The molecule has 0 atom stereocenters. The number of aromatic nitrogens is 2. The van der Waals surface area contributed by atoms with Crippen LogP contribution in [0.3, 0.4) is 0 Å². The minimum atomic E-state index is -4.45. The van der Waals surface area contributed by atoms with Crippen LogP contribution in [-0.4, -0.2) is 41.2 Å². The molecule has 0 aliphatic carbocycles. The van der Waals surface area contributed by atoms with Gasteiger partial charge in [-0.25, -0.2) is 4.68 Å². The van der Waals surface area contributed by atoms with Gasteiger partial charge in [0.05, 0.1) is 32.7 Å². The van der Waals surface area contributed by atoms with Crippen LogP contribution in [0.5, 0.6) is 11.5 Å². The molecule has 1 aromatic heterocycles. The van der Waals surface area contributed by atoms with Gasteiger partial charge in [-0.15, -0.1) is 0 Å². The maximum absolute atomic E-state index is 12.2. The van der Waals surface area contributed by atoms with E-state index in [2.05, 4.69) is 10.4 Å². The van der Waals surface area contributed by atoms with Gasteiger partial charge >= 0.3 is 5.51 Å². The second-order valence-electron chi connectivity index (χ2n) is 5.31. The van der Waals surface area contributed by atoms with E-state index in [-0.39, 0.29) is 11.8 Å². The zero-order valence-corrected chi connectivity index (χ0v) is 15.2. The van der Waals surface area contributed by atoms with Crippen LogP contribution in [0.15, 0.2) is 24.4 Å². The first kappa shape index (κ1) is 20.0. The number of methoxy groups -OCH3 is 2. The van der Waals surface area contributed by atoms with Gasteiger partial charge in [0, 0.05) is 5.56 Å². The molecule has 0 aliphatic heterocycles. The number of hydrogen-bond acceptors (Lipinski definition) is 5. The number of halogens is 3. The lowest BCUT2D eigenvalue weighted by molar-refractivity contribution is -0.114. The summed E-state index contributed by atoms with van der Waals surface area (Å²) in [4.78, 5) is 11.8. The molecular weight excluding hydrogens is 371 g/mol. The molecular formula is C16H18F3N3O3S. The molecule has 6 nitrogen and oxygen atoms in total. The number of aryl methyl sites for hydroxylation is 1. The van der Waals surface area contributed by atoms with Crippen LogP contribution in [0, 0.1) is 6.92 Å². The number of carbonyl (C=O) groups is 1. The van der Waals surface area contributed by atoms with Crippen LogP contribution in [0.25, 0.3) is 0 Å². The maximum Gasteiger partial charge on any atom is 0.442 e. The van der Waals surface area contributed by atoms with Crippen LogP contribution in [0.4, 0.5) is 19.0 Å². The summed E-state index contributed by atoms with van der Waals surface area (Å²) >= 11 is -0.384. The lowest BCUT2D eigenvalue weighted by atomic mass is 10.2. The summed E-state index contributed by atoms with van der Waals surface area (Å²) in [5.41, 5.74) is -2.98. The first-order chi connectivity index (χ1) is 12.2. The number of carbonyl (C=O) groups excluding carboxylic acids is 1. The minimum Gasteiger partial charge on any atom is -0.493 e. The van der Waals surface area contributed by atoms with E-state index in [9.17, 15) is 18.0 Å². The van der Waals surface area contributed by atoms with Crippen LogP contribution in [0.1, 0.15) is 11.1 Å². The first-order valence-corrected chi connectivity index (χ1v) is 8.46. The average Bonchev–Trinajstić information content (AvgIpc) is 2.92. The lowest BCUT2D eigenvalue weighted by Gasteiger charge is -2.13. The molecule has 0 spiro atoms. The van der Waals surface area contributed by atoms with Gasteiger partial charge in [0.2, 0.25) is 5.91 Å². The summed E-state index contributed by atoms with van der Waals surface area (Å²) in [5.74, 6) is 0.00785. The normalized spacial score (nSPS) is 11.3. The number of amides is 1. The Labute approximate surface area is 152 Å². The fourth-order valence-corrected chi connectivity index (χ4v) is 2.60. The van der Waals surface area contributed by atoms with Gasteiger partial charge in [0.15, 0.2) is 11.5 Å². The summed E-state index contributed by atoms with van der Waals surface area (Å²) in [5, 5.41) is 6.66. The Bertz CT molecular complexity index is 778. The Morgan fingerprint density at radius 1 is 1.27 bits per heavy atom. The molecule has 0 saturated carbocycles. The molecule has 2 rings (SSSR count). The second-order valence-corrected chi connectivity index (χ2v) is 6.35. The van der Waals surface area contributed by atoms with Gasteiger partial charge in [0.25, 0.3) is 0 Å². The molecule has 2 aromatic rings. The number of hydrogen-bond donors (Lipinski definition) is 1. The quantitative estimate of drug-likeness (QED) is 0.786. The van der Waals surface area contributed by atoms with Crippen molar-refractivity contribution in [1.82, 2.24) is 9.78 Å². The molecule has 0 unspecified atom stereocenters. The number of ether oxygens (including phenoxy) is 2. The molecule has 1 amide bonds. The number of benzene rings is 1. The Hall–Kier alpha value is -2.36. The molecule has 1 N–H and O–H groups in total. The molecule has 10 heteroatoms. The summed E-state index contributed by atoms with van der Waals surface area (Å²) < 4.78 is 48.6. The van der Waals surface area contributed by atoms with E-state index in [1.54, 1.807) is 19.1 Å². The van der Waals surface area contributed by atoms with E-state index in [0.29, 0.717) is 29.4 Å². The van der Waals surface area contributed by atoms with E-state index in [1.807, 2.05) is 6.07 Å². The van der Waals surface area contributed by atoms with E-state index < -0.39 is 17.2 Å². The molecule has 0 radical (unpaired) electrons. The average molecular weight is 389 g/mol. The zero-order chi connectivity index (χ0) is 19.3. The third-order valence-electron chi connectivity index (χ3n) is 3.43. The summed E-state index contributed by atoms with van der Waals surface area (Å²) in [7, 11) is 3.05. The van der Waals surface area contributed by atoms with Crippen LogP contribution >= 0.6 is 11.8 Å². The van der Waals surface area contributed by atoms with Crippen molar-refractivity contribution in [3.8, 4) is 11.5 Å². The molecule has 0 aliphatic rings. The maximum atomic E-state index is 12.2. The molecule has 0 fully saturated rings.